The van der Waals surface area contributed by atoms with Crippen molar-refractivity contribution in [2.24, 2.45) is 0 Å². The highest BCUT2D eigenvalue weighted by Crippen LogP contribution is 2.38. The van der Waals surface area contributed by atoms with Crippen LogP contribution in [0.2, 0.25) is 10.0 Å². The molecule has 0 bridgehead atoms. The Morgan fingerprint density at radius 1 is 0.694 bits per heavy atom. The lowest BCUT2D eigenvalue weighted by Crippen LogP contribution is -2.28. The minimum Gasteiger partial charge on any atom is -0.488 e. The molecule has 6 N–H and O–H groups in total. The molecular weight excluding hydrogens is 831 g/mol. The van der Waals surface area contributed by atoms with Gasteiger partial charge in [-0.2, -0.15) is 5.26 Å². The summed E-state index contributed by atoms with van der Waals surface area (Å²) in [7, 11) is 0. The average Bonchev–Trinajstić information content (AvgIpc) is 3.24. The van der Waals surface area contributed by atoms with Crippen LogP contribution in [0.5, 0.6) is 11.5 Å². The highest BCUT2D eigenvalue weighted by molar-refractivity contribution is 6.35. The number of aromatic nitrogens is 1. The Morgan fingerprint density at radius 2 is 1.34 bits per heavy atom. The van der Waals surface area contributed by atoms with Crippen molar-refractivity contribution in [3.8, 4) is 39.8 Å². The zero-order chi connectivity index (χ0) is 44.3. The molecule has 12 nitrogen and oxygen atoms in total. The van der Waals surface area contributed by atoms with E-state index in [1.165, 1.54) is 6.20 Å². The van der Waals surface area contributed by atoms with Crippen molar-refractivity contribution in [1.82, 2.24) is 15.6 Å². The predicted octanol–water partition coefficient (Wildman–Crippen LogP) is 8.37. The molecule has 6 rings (SSSR count). The molecule has 5 aromatic carbocycles. The summed E-state index contributed by atoms with van der Waals surface area (Å²) in [5.41, 5.74) is 9.89. The fourth-order valence-electron chi connectivity index (χ4n) is 7.27. The number of nitrogens with one attached hydrogen (secondary N) is 2. The van der Waals surface area contributed by atoms with Crippen LogP contribution in [0.15, 0.2) is 97.3 Å². The van der Waals surface area contributed by atoms with Gasteiger partial charge in [-0.1, -0.05) is 77.8 Å². The molecule has 0 aliphatic carbocycles. The molecule has 320 valence electrons. The van der Waals surface area contributed by atoms with E-state index in [0.717, 1.165) is 55.3 Å². The summed E-state index contributed by atoms with van der Waals surface area (Å²) >= 11 is 13.5. The number of carboxylic acid groups (broad SMARTS) is 2. The van der Waals surface area contributed by atoms with E-state index in [1.54, 1.807) is 24.4 Å². The van der Waals surface area contributed by atoms with Crippen molar-refractivity contribution in [2.75, 3.05) is 13.1 Å². The van der Waals surface area contributed by atoms with Crippen LogP contribution in [-0.4, -0.2) is 62.6 Å². The molecule has 0 aliphatic heterocycles. The second-order valence-electron chi connectivity index (χ2n) is 15.0. The van der Waals surface area contributed by atoms with Gasteiger partial charge in [0.2, 0.25) is 0 Å². The summed E-state index contributed by atoms with van der Waals surface area (Å²) in [5, 5.41) is 56.4. The smallest absolute Gasteiger partial charge is 0.306 e. The van der Waals surface area contributed by atoms with E-state index < -0.39 is 30.6 Å². The van der Waals surface area contributed by atoms with Gasteiger partial charge in [0.1, 0.15) is 30.8 Å². The Hall–Kier alpha value is -6.04. The molecule has 0 fully saturated rings. The largest absolute Gasteiger partial charge is 0.488 e. The van der Waals surface area contributed by atoms with E-state index in [-0.39, 0.29) is 39.3 Å². The van der Waals surface area contributed by atoms with Crippen LogP contribution >= 0.6 is 23.2 Å². The highest BCUT2D eigenvalue weighted by Gasteiger charge is 2.18. The van der Waals surface area contributed by atoms with Gasteiger partial charge in [-0.05, 0) is 88.0 Å². The normalized spacial score (nSPS) is 12.1. The number of hydrogen-bond donors (Lipinski definition) is 6. The maximum absolute atomic E-state index is 11.0. The number of hydrogen-bond acceptors (Lipinski definition) is 10. The van der Waals surface area contributed by atoms with Gasteiger partial charge in [-0.25, -0.2) is 0 Å². The van der Waals surface area contributed by atoms with E-state index in [1.807, 2.05) is 36.4 Å². The Balaban J connectivity index is 1.22. The first-order valence-corrected chi connectivity index (χ1v) is 20.6. The van der Waals surface area contributed by atoms with Crippen LogP contribution in [0, 0.1) is 25.2 Å². The molecule has 14 heteroatoms. The average molecular weight is 878 g/mol. The number of carboxylic acids is 2. The van der Waals surface area contributed by atoms with Gasteiger partial charge in [0.15, 0.2) is 0 Å². The van der Waals surface area contributed by atoms with Gasteiger partial charge >= 0.3 is 11.9 Å². The van der Waals surface area contributed by atoms with Crippen molar-refractivity contribution in [1.29, 1.82) is 5.26 Å². The number of rotatable bonds is 20. The van der Waals surface area contributed by atoms with Crippen LogP contribution in [0.25, 0.3) is 33.0 Å². The van der Waals surface area contributed by atoms with Gasteiger partial charge < -0.3 is 40.5 Å². The van der Waals surface area contributed by atoms with Gasteiger partial charge in [0.25, 0.3) is 0 Å². The predicted molar refractivity (Wildman–Crippen MR) is 238 cm³/mol. The summed E-state index contributed by atoms with van der Waals surface area (Å²) in [5.74, 6) is -1.33. The summed E-state index contributed by atoms with van der Waals surface area (Å²) in [6.45, 7) is 5.29. The molecule has 0 saturated heterocycles. The van der Waals surface area contributed by atoms with Crippen molar-refractivity contribution in [3.05, 3.63) is 146 Å². The first-order chi connectivity index (χ1) is 29.8. The van der Waals surface area contributed by atoms with Gasteiger partial charge in [0.05, 0.1) is 35.6 Å². The molecule has 0 aliphatic rings. The lowest BCUT2D eigenvalue weighted by molar-refractivity contribution is -0.140. The summed E-state index contributed by atoms with van der Waals surface area (Å²) in [6, 6.07) is 29.4. The van der Waals surface area contributed by atoms with Crippen molar-refractivity contribution >= 4 is 45.9 Å². The van der Waals surface area contributed by atoms with E-state index in [2.05, 4.69) is 65.9 Å². The van der Waals surface area contributed by atoms with Crippen molar-refractivity contribution < 1.29 is 39.5 Å². The van der Waals surface area contributed by atoms with Crippen LogP contribution in [-0.2, 0) is 35.9 Å². The van der Waals surface area contributed by atoms with Gasteiger partial charge in [-0.15, -0.1) is 0 Å². The molecule has 6 aromatic rings. The second-order valence-corrected chi connectivity index (χ2v) is 15.8. The quantitative estimate of drug-likeness (QED) is 0.0430. The maximum atomic E-state index is 11.0. The zero-order valence-electron chi connectivity index (χ0n) is 34.1. The molecule has 2 unspecified atom stereocenters. The molecule has 1 heterocycles. The SMILES string of the molecule is Cc1c(COc2cc(OCc3cncc(C#N)c3)c(CNCC(O)CC(=O)O)cc2Cl)cccc1-c1cccc(-c2ccc3c(CNCC(O)CC(=O)O)ccc(Cl)c3c2)c1C. The highest BCUT2D eigenvalue weighted by atomic mass is 35.5. The lowest BCUT2D eigenvalue weighted by atomic mass is 9.89. The topological polar surface area (TPSA) is 194 Å². The van der Waals surface area contributed by atoms with Crippen LogP contribution in [0.4, 0.5) is 0 Å². The monoisotopic (exact) mass is 876 g/mol. The zero-order valence-corrected chi connectivity index (χ0v) is 35.6. The molecule has 1 aromatic heterocycles. The number of benzene rings is 5. The minimum atomic E-state index is -1.10. The van der Waals surface area contributed by atoms with E-state index in [0.29, 0.717) is 44.8 Å². The lowest BCUT2D eigenvalue weighted by Gasteiger charge is -2.19. The van der Waals surface area contributed by atoms with Gasteiger partial charge in [-0.3, -0.25) is 14.6 Å². The number of aliphatic carboxylic acids is 2. The standard InChI is InChI=1S/C48H46Cl2N4O8/c1-28-34(27-62-46-18-45(61-26-31-13-30(19-51)20-52-21-31)35(15-44(46)50)23-54-25-37(56)17-48(59)60)5-3-7-39(28)40-8-4-6-38(29(40)2)32-9-11-41-33(10-12-43(49)42(41)14-32)22-53-24-36(55)16-47(57)58/h3-15,18,20-21,36-37,53-56H,16-17,22-27H2,1-2H3,(H,57,58)(H,59,60). The molecule has 0 radical (unpaired) electrons. The number of ether oxygens (including phenoxy) is 2. The number of aliphatic hydroxyl groups excluding tert-OH is 2. The fraction of sp³-hybridized carbons (Fsp3) is 0.250. The third kappa shape index (κ3) is 11.7. The number of carbonyl (C=O) groups is 2. The number of pyridine rings is 1. The third-order valence-corrected chi connectivity index (χ3v) is 11.1. The fourth-order valence-corrected chi connectivity index (χ4v) is 7.73. The number of aliphatic hydroxyl groups is 2. The van der Waals surface area contributed by atoms with Crippen LogP contribution < -0.4 is 20.1 Å². The van der Waals surface area contributed by atoms with E-state index >= 15 is 0 Å². The second kappa shape index (κ2) is 21.2. The van der Waals surface area contributed by atoms with Gasteiger partial charge in [0, 0.05) is 66.2 Å². The Morgan fingerprint density at radius 3 is 2.03 bits per heavy atom. The Kier molecular flexibility index (Phi) is 15.5. The summed E-state index contributed by atoms with van der Waals surface area (Å²) < 4.78 is 12.6. The summed E-state index contributed by atoms with van der Waals surface area (Å²) in [4.78, 5) is 26.1. The molecule has 0 amide bonds. The number of nitrogens with zero attached hydrogens (tertiary/aromatic N) is 2. The first-order valence-electron chi connectivity index (χ1n) is 19.8. The number of fused-ring (bicyclic) bond motifs is 1. The molecule has 2 atom stereocenters. The minimum absolute atomic E-state index is 0.0378. The Bertz CT molecular complexity index is 2630. The van der Waals surface area contributed by atoms with Crippen LogP contribution in [0.1, 0.15) is 51.8 Å². The van der Waals surface area contributed by atoms with Crippen molar-refractivity contribution in [3.63, 3.8) is 0 Å². The van der Waals surface area contributed by atoms with E-state index in [9.17, 15) is 25.1 Å². The maximum Gasteiger partial charge on any atom is 0.306 e. The van der Waals surface area contributed by atoms with E-state index in [4.69, 9.17) is 42.9 Å². The summed E-state index contributed by atoms with van der Waals surface area (Å²) in [6.07, 6.45) is 0.278. The Labute approximate surface area is 369 Å². The molecule has 0 saturated carbocycles. The third-order valence-electron chi connectivity index (χ3n) is 10.5. The first kappa shape index (κ1) is 45.5. The number of halogens is 2. The molecule has 0 spiro atoms. The van der Waals surface area contributed by atoms with Crippen molar-refractivity contribution in [2.45, 2.75) is 65.2 Å². The molecular formula is C48H46Cl2N4O8. The number of nitriles is 1. The van der Waals surface area contributed by atoms with Crippen LogP contribution in [0.3, 0.4) is 0 Å². The molecule has 62 heavy (non-hydrogen) atoms.